The Morgan fingerprint density at radius 3 is 2.56 bits per heavy atom. The van der Waals surface area contributed by atoms with Crippen LogP contribution < -0.4 is 14.4 Å². The third kappa shape index (κ3) is 3.17. The van der Waals surface area contributed by atoms with Gasteiger partial charge in [0.25, 0.3) is 5.91 Å². The summed E-state index contributed by atoms with van der Waals surface area (Å²) in [5.41, 5.74) is -0.517. The Bertz CT molecular complexity index is 879. The summed E-state index contributed by atoms with van der Waals surface area (Å²) in [6, 6.07) is 11.9. The zero-order valence-corrected chi connectivity index (χ0v) is 15.7. The van der Waals surface area contributed by atoms with Crippen LogP contribution in [0.3, 0.4) is 0 Å². The van der Waals surface area contributed by atoms with Gasteiger partial charge in [-0.2, -0.15) is 0 Å². The third-order valence-corrected chi connectivity index (χ3v) is 4.81. The fraction of sp³-hybridized carbons (Fsp3) is 0.333. The summed E-state index contributed by atoms with van der Waals surface area (Å²) in [6.45, 7) is 2.44. The highest BCUT2D eigenvalue weighted by molar-refractivity contribution is 6.11. The number of hydrogen-bond acceptors (Lipinski definition) is 5. The number of ketones is 1. The Morgan fingerprint density at radius 1 is 1.15 bits per heavy atom. The van der Waals surface area contributed by atoms with Crippen molar-refractivity contribution in [3.63, 3.8) is 0 Å². The molecule has 2 aromatic rings. The van der Waals surface area contributed by atoms with Crippen LogP contribution in [0, 0.1) is 0 Å². The molecule has 2 aromatic carbocycles. The van der Waals surface area contributed by atoms with Gasteiger partial charge < -0.3 is 19.5 Å². The van der Waals surface area contributed by atoms with Crippen molar-refractivity contribution in [3.8, 4) is 11.5 Å². The highest BCUT2D eigenvalue weighted by atomic mass is 16.5. The number of rotatable bonds is 7. The second kappa shape index (κ2) is 7.40. The maximum absolute atomic E-state index is 13.0. The molecule has 3 rings (SSSR count). The minimum atomic E-state index is -1.89. The van der Waals surface area contributed by atoms with Crippen LogP contribution in [0.25, 0.3) is 0 Å². The molecule has 0 radical (unpaired) electrons. The van der Waals surface area contributed by atoms with Gasteiger partial charge in [-0.15, -0.1) is 0 Å². The number of anilines is 1. The summed E-state index contributed by atoms with van der Waals surface area (Å²) < 4.78 is 10.4. The van der Waals surface area contributed by atoms with Gasteiger partial charge in [-0.25, -0.2) is 0 Å². The normalized spacial score (nSPS) is 18.4. The molecular formula is C21H23NO5. The van der Waals surface area contributed by atoms with Crippen LogP contribution in [0.1, 0.15) is 35.7 Å². The molecule has 1 amide bonds. The summed E-state index contributed by atoms with van der Waals surface area (Å²) >= 11 is 0. The van der Waals surface area contributed by atoms with Crippen molar-refractivity contribution in [2.45, 2.75) is 25.4 Å². The van der Waals surface area contributed by atoms with Crippen LogP contribution >= 0.6 is 0 Å². The third-order valence-electron chi connectivity index (χ3n) is 4.81. The number of hydrogen-bond donors (Lipinski definition) is 1. The quantitative estimate of drug-likeness (QED) is 0.760. The second-order valence-corrected chi connectivity index (χ2v) is 6.50. The van der Waals surface area contributed by atoms with Gasteiger partial charge in [-0.1, -0.05) is 25.1 Å². The number of carbonyl (C=O) groups is 2. The lowest BCUT2D eigenvalue weighted by molar-refractivity contribution is -0.135. The number of amides is 1. The number of benzene rings is 2. The molecule has 1 N–H and O–H groups in total. The van der Waals surface area contributed by atoms with E-state index >= 15 is 0 Å². The maximum atomic E-state index is 13.0. The highest BCUT2D eigenvalue weighted by Gasteiger charge is 2.50. The van der Waals surface area contributed by atoms with Crippen molar-refractivity contribution in [1.29, 1.82) is 0 Å². The second-order valence-electron chi connectivity index (χ2n) is 6.50. The molecule has 0 aromatic heterocycles. The van der Waals surface area contributed by atoms with Gasteiger partial charge in [-0.05, 0) is 30.7 Å². The molecule has 0 bridgehead atoms. The molecule has 1 atom stereocenters. The molecule has 1 aliphatic heterocycles. The lowest BCUT2D eigenvalue weighted by Crippen LogP contribution is -2.42. The smallest absolute Gasteiger partial charge is 0.264 e. The first kappa shape index (κ1) is 18.9. The van der Waals surface area contributed by atoms with Gasteiger partial charge >= 0.3 is 0 Å². The number of aliphatic hydroxyl groups is 1. The van der Waals surface area contributed by atoms with E-state index in [9.17, 15) is 14.7 Å². The maximum Gasteiger partial charge on any atom is 0.264 e. The molecule has 27 heavy (non-hydrogen) atoms. The van der Waals surface area contributed by atoms with Gasteiger partial charge in [0, 0.05) is 12.1 Å². The molecule has 0 aliphatic carbocycles. The van der Waals surface area contributed by atoms with Gasteiger partial charge in [0.2, 0.25) is 0 Å². The van der Waals surface area contributed by atoms with Crippen molar-refractivity contribution >= 4 is 17.4 Å². The summed E-state index contributed by atoms with van der Waals surface area (Å²) in [4.78, 5) is 27.5. The van der Waals surface area contributed by atoms with Crippen LogP contribution in [0.15, 0.2) is 42.5 Å². The summed E-state index contributed by atoms with van der Waals surface area (Å²) in [6.07, 6.45) is 0.375. The Kier molecular flexibility index (Phi) is 5.19. The number of methoxy groups -OCH3 is 2. The first-order valence-electron chi connectivity index (χ1n) is 8.85. The summed E-state index contributed by atoms with van der Waals surface area (Å²) in [5, 5.41) is 11.2. The number of Topliss-reactive ketones (excluding diaryl/α,β-unsaturated/α-hetero) is 1. The molecule has 6 heteroatoms. The number of nitrogens with zero attached hydrogens (tertiary/aromatic N) is 1. The van der Waals surface area contributed by atoms with Crippen LogP contribution in [0.2, 0.25) is 0 Å². The Balaban J connectivity index is 2.00. The van der Waals surface area contributed by atoms with Gasteiger partial charge in [0.05, 0.1) is 31.9 Å². The van der Waals surface area contributed by atoms with E-state index in [2.05, 4.69) is 0 Å². The molecular weight excluding hydrogens is 346 g/mol. The SMILES string of the molecule is CCCN1C(=O)C(O)(CC(=O)c2cc(OC)ccc2OC)c2ccccc21. The molecule has 0 spiro atoms. The van der Waals surface area contributed by atoms with Crippen LogP contribution in [-0.2, 0) is 10.4 Å². The summed E-state index contributed by atoms with van der Waals surface area (Å²) in [5.74, 6) is 0.000887. The Hall–Kier alpha value is -2.86. The average Bonchev–Trinajstić information content (AvgIpc) is 2.90. The van der Waals surface area contributed by atoms with Crippen molar-refractivity contribution < 1.29 is 24.2 Å². The largest absolute Gasteiger partial charge is 0.497 e. The minimum Gasteiger partial charge on any atom is -0.497 e. The van der Waals surface area contributed by atoms with Crippen LogP contribution in [0.4, 0.5) is 5.69 Å². The lowest BCUT2D eigenvalue weighted by atomic mass is 9.88. The molecule has 0 saturated carbocycles. The predicted molar refractivity (Wildman–Crippen MR) is 101 cm³/mol. The number of fused-ring (bicyclic) bond motifs is 1. The first-order valence-corrected chi connectivity index (χ1v) is 8.85. The first-order chi connectivity index (χ1) is 13.0. The Labute approximate surface area is 158 Å². The zero-order valence-electron chi connectivity index (χ0n) is 15.7. The standard InChI is InChI=1S/C21H23NO5/c1-4-11-22-17-8-6-5-7-16(17)21(25,20(22)24)13-18(23)15-12-14(26-2)9-10-19(15)27-3/h5-10,12,25H,4,11,13H2,1-3H3. The van der Waals surface area contributed by atoms with E-state index in [4.69, 9.17) is 9.47 Å². The van der Waals surface area contributed by atoms with Crippen molar-refractivity contribution in [1.82, 2.24) is 0 Å². The monoisotopic (exact) mass is 369 g/mol. The van der Waals surface area contributed by atoms with E-state index in [0.717, 1.165) is 6.42 Å². The van der Waals surface area contributed by atoms with E-state index in [0.29, 0.717) is 29.3 Å². The van der Waals surface area contributed by atoms with Crippen molar-refractivity contribution in [3.05, 3.63) is 53.6 Å². The van der Waals surface area contributed by atoms with E-state index in [-0.39, 0.29) is 12.0 Å². The van der Waals surface area contributed by atoms with E-state index in [1.165, 1.54) is 14.2 Å². The zero-order chi connectivity index (χ0) is 19.6. The molecule has 142 valence electrons. The summed E-state index contributed by atoms with van der Waals surface area (Å²) in [7, 11) is 2.97. The van der Waals surface area contributed by atoms with Crippen LogP contribution in [-0.4, -0.2) is 37.6 Å². The number of carbonyl (C=O) groups excluding carboxylic acids is 2. The fourth-order valence-corrected chi connectivity index (χ4v) is 3.48. The average molecular weight is 369 g/mol. The van der Waals surface area contributed by atoms with Crippen molar-refractivity contribution in [2.24, 2.45) is 0 Å². The topological polar surface area (TPSA) is 76.1 Å². The van der Waals surface area contributed by atoms with Crippen LogP contribution in [0.5, 0.6) is 11.5 Å². The molecule has 0 fully saturated rings. The van der Waals surface area contributed by atoms with Crippen molar-refractivity contribution in [2.75, 3.05) is 25.7 Å². The molecule has 1 unspecified atom stereocenters. The fourth-order valence-electron chi connectivity index (χ4n) is 3.48. The van der Waals surface area contributed by atoms with E-state index in [1.54, 1.807) is 41.3 Å². The van der Waals surface area contributed by atoms with Gasteiger partial charge in [-0.3, -0.25) is 9.59 Å². The highest BCUT2D eigenvalue weighted by Crippen LogP contribution is 2.43. The van der Waals surface area contributed by atoms with Gasteiger partial charge in [0.1, 0.15) is 11.5 Å². The minimum absolute atomic E-state index is 0.268. The molecule has 1 heterocycles. The number of ether oxygens (including phenoxy) is 2. The van der Waals surface area contributed by atoms with E-state index < -0.39 is 17.3 Å². The number of para-hydroxylation sites is 1. The van der Waals surface area contributed by atoms with Gasteiger partial charge in [0.15, 0.2) is 11.4 Å². The molecule has 6 nitrogen and oxygen atoms in total. The van der Waals surface area contributed by atoms with E-state index in [1.807, 2.05) is 13.0 Å². The molecule has 1 aliphatic rings. The Morgan fingerprint density at radius 2 is 1.89 bits per heavy atom. The molecule has 0 saturated heterocycles. The predicted octanol–water partition coefficient (Wildman–Crippen LogP) is 2.92. The lowest BCUT2D eigenvalue weighted by Gasteiger charge is -2.23.